The number of pyridine rings is 1. The van der Waals surface area contributed by atoms with Crippen LogP contribution in [0.5, 0.6) is 0 Å². The normalized spacial score (nSPS) is 20.4. The second kappa shape index (κ2) is 4.69. The number of aliphatic carboxylic acids is 1. The van der Waals surface area contributed by atoms with Gasteiger partial charge in [-0.25, -0.2) is 4.79 Å². The maximum absolute atomic E-state index is 11.7. The van der Waals surface area contributed by atoms with E-state index in [0.29, 0.717) is 5.92 Å². The highest BCUT2D eigenvalue weighted by molar-refractivity contribution is 5.80. The maximum Gasteiger partial charge on any atom is 0.328 e. The topological polar surface area (TPSA) is 53.4 Å². The number of nitrogens with zero attached hydrogens (tertiary/aromatic N) is 2. The highest BCUT2D eigenvalue weighted by Gasteiger charge is 2.45. The summed E-state index contributed by atoms with van der Waals surface area (Å²) in [5, 5.41) is 9.64. The van der Waals surface area contributed by atoms with Crippen molar-refractivity contribution < 1.29 is 9.90 Å². The lowest BCUT2D eigenvalue weighted by atomic mass is 9.90. The summed E-state index contributed by atoms with van der Waals surface area (Å²) in [6.45, 7) is 3.86. The van der Waals surface area contributed by atoms with Crippen LogP contribution in [0.15, 0.2) is 24.5 Å². The van der Waals surface area contributed by atoms with Crippen LogP contribution in [0, 0.1) is 5.92 Å². The summed E-state index contributed by atoms with van der Waals surface area (Å²) in [5.41, 5.74) is -0.288. The third-order valence-electron chi connectivity index (χ3n) is 4.26. The van der Waals surface area contributed by atoms with E-state index in [9.17, 15) is 9.90 Å². The lowest BCUT2D eigenvalue weighted by molar-refractivity contribution is -0.152. The quantitative estimate of drug-likeness (QED) is 0.867. The minimum absolute atomic E-state index is 0.270. The number of carboxylic acid groups (broad SMARTS) is 1. The Morgan fingerprint density at radius 3 is 2.72 bits per heavy atom. The SMILES string of the molecule is CC(C1CC1)N(C)C(C)(C(=O)O)c1cccnc1. The van der Waals surface area contributed by atoms with E-state index in [1.807, 2.05) is 18.0 Å². The Bertz CT molecular complexity index is 431. The minimum Gasteiger partial charge on any atom is -0.480 e. The first-order valence-electron chi connectivity index (χ1n) is 6.34. The van der Waals surface area contributed by atoms with Crippen molar-refractivity contribution in [1.82, 2.24) is 9.88 Å². The molecule has 1 heterocycles. The van der Waals surface area contributed by atoms with Crippen LogP contribution in [-0.2, 0) is 10.3 Å². The Morgan fingerprint density at radius 2 is 2.28 bits per heavy atom. The molecule has 1 aliphatic rings. The maximum atomic E-state index is 11.7. The molecular weight excluding hydrogens is 228 g/mol. The van der Waals surface area contributed by atoms with Gasteiger partial charge in [0.2, 0.25) is 0 Å². The number of rotatable bonds is 5. The van der Waals surface area contributed by atoms with E-state index >= 15 is 0 Å². The first-order valence-corrected chi connectivity index (χ1v) is 6.34. The first-order chi connectivity index (χ1) is 8.48. The summed E-state index contributed by atoms with van der Waals surface area (Å²) >= 11 is 0. The first kappa shape index (κ1) is 13.0. The van der Waals surface area contributed by atoms with Gasteiger partial charge in [-0.1, -0.05) is 6.07 Å². The molecule has 2 atom stereocenters. The summed E-state index contributed by atoms with van der Waals surface area (Å²) in [6, 6.07) is 3.88. The number of likely N-dealkylation sites (N-methyl/N-ethyl adjacent to an activating group) is 1. The number of aromatic nitrogens is 1. The Hall–Kier alpha value is -1.42. The average molecular weight is 248 g/mol. The van der Waals surface area contributed by atoms with E-state index in [-0.39, 0.29) is 6.04 Å². The Morgan fingerprint density at radius 1 is 1.61 bits per heavy atom. The smallest absolute Gasteiger partial charge is 0.328 e. The van der Waals surface area contributed by atoms with Crippen LogP contribution in [-0.4, -0.2) is 34.0 Å². The highest BCUT2D eigenvalue weighted by atomic mass is 16.4. The Balaban J connectivity index is 2.34. The predicted molar refractivity (Wildman–Crippen MR) is 69.2 cm³/mol. The Kier molecular flexibility index (Phi) is 3.39. The highest BCUT2D eigenvalue weighted by Crippen LogP contribution is 2.39. The van der Waals surface area contributed by atoms with Gasteiger partial charge in [0.05, 0.1) is 0 Å². The van der Waals surface area contributed by atoms with Gasteiger partial charge in [-0.15, -0.1) is 0 Å². The molecule has 0 aliphatic heterocycles. The van der Waals surface area contributed by atoms with Crippen LogP contribution in [0.1, 0.15) is 32.3 Å². The standard InChI is InChI=1S/C14H20N2O2/c1-10(11-6-7-11)16(3)14(2,13(17)18)12-5-4-8-15-9-12/h4-5,8-11H,6-7H2,1-3H3,(H,17,18). The van der Waals surface area contributed by atoms with E-state index in [4.69, 9.17) is 0 Å². The molecule has 0 spiro atoms. The van der Waals surface area contributed by atoms with Gasteiger partial charge in [-0.3, -0.25) is 9.88 Å². The third kappa shape index (κ3) is 2.12. The fourth-order valence-corrected chi connectivity index (χ4v) is 2.43. The zero-order chi connectivity index (χ0) is 13.3. The van der Waals surface area contributed by atoms with E-state index < -0.39 is 11.5 Å². The molecule has 4 nitrogen and oxygen atoms in total. The molecule has 1 aromatic heterocycles. The summed E-state index contributed by atoms with van der Waals surface area (Å²) in [7, 11) is 1.89. The van der Waals surface area contributed by atoms with Gasteiger partial charge in [0.15, 0.2) is 0 Å². The van der Waals surface area contributed by atoms with Crippen molar-refractivity contribution >= 4 is 5.97 Å². The summed E-state index contributed by atoms with van der Waals surface area (Å²) in [5.74, 6) is -0.198. The number of carbonyl (C=O) groups is 1. The molecule has 0 bridgehead atoms. The van der Waals surface area contributed by atoms with E-state index in [2.05, 4.69) is 11.9 Å². The zero-order valence-electron chi connectivity index (χ0n) is 11.1. The summed E-state index contributed by atoms with van der Waals surface area (Å²) in [4.78, 5) is 17.7. The lowest BCUT2D eigenvalue weighted by Gasteiger charge is -2.39. The molecule has 0 amide bonds. The third-order valence-corrected chi connectivity index (χ3v) is 4.26. The van der Waals surface area contributed by atoms with Gasteiger partial charge in [0.25, 0.3) is 0 Å². The molecule has 4 heteroatoms. The molecule has 0 aromatic carbocycles. The van der Waals surface area contributed by atoms with Gasteiger partial charge >= 0.3 is 5.97 Å². The number of carboxylic acids is 1. The number of hydrogen-bond acceptors (Lipinski definition) is 3. The van der Waals surface area contributed by atoms with E-state index in [1.54, 1.807) is 25.4 Å². The van der Waals surface area contributed by atoms with Gasteiger partial charge < -0.3 is 5.11 Å². The monoisotopic (exact) mass is 248 g/mol. The molecule has 0 radical (unpaired) electrons. The van der Waals surface area contributed by atoms with Crippen molar-refractivity contribution in [3.63, 3.8) is 0 Å². The minimum atomic E-state index is -1.02. The average Bonchev–Trinajstić information content (AvgIpc) is 3.21. The molecule has 18 heavy (non-hydrogen) atoms. The van der Waals surface area contributed by atoms with Crippen LogP contribution in [0.3, 0.4) is 0 Å². The van der Waals surface area contributed by atoms with E-state index in [1.165, 1.54) is 12.8 Å². The van der Waals surface area contributed by atoms with Crippen LogP contribution in [0.2, 0.25) is 0 Å². The van der Waals surface area contributed by atoms with Crippen molar-refractivity contribution in [2.24, 2.45) is 5.92 Å². The van der Waals surface area contributed by atoms with Crippen LogP contribution in [0.25, 0.3) is 0 Å². The van der Waals surface area contributed by atoms with Gasteiger partial charge in [-0.05, 0) is 45.7 Å². The molecular formula is C14H20N2O2. The summed E-state index contributed by atoms with van der Waals surface area (Å²) in [6.07, 6.45) is 5.71. The molecule has 2 unspecified atom stereocenters. The molecule has 2 rings (SSSR count). The van der Waals surface area contributed by atoms with Crippen molar-refractivity contribution in [3.05, 3.63) is 30.1 Å². The second-order valence-electron chi connectivity index (χ2n) is 5.31. The summed E-state index contributed by atoms with van der Waals surface area (Å²) < 4.78 is 0. The molecule has 1 N–H and O–H groups in total. The largest absolute Gasteiger partial charge is 0.480 e. The fourth-order valence-electron chi connectivity index (χ4n) is 2.43. The van der Waals surface area contributed by atoms with Crippen LogP contribution in [0.4, 0.5) is 0 Å². The zero-order valence-corrected chi connectivity index (χ0v) is 11.1. The number of hydrogen-bond donors (Lipinski definition) is 1. The van der Waals surface area contributed by atoms with Gasteiger partial charge in [-0.2, -0.15) is 0 Å². The molecule has 98 valence electrons. The van der Waals surface area contributed by atoms with Crippen LogP contribution < -0.4 is 0 Å². The Labute approximate surface area is 108 Å². The van der Waals surface area contributed by atoms with Crippen molar-refractivity contribution in [1.29, 1.82) is 0 Å². The molecule has 1 aromatic rings. The van der Waals surface area contributed by atoms with E-state index in [0.717, 1.165) is 5.56 Å². The van der Waals surface area contributed by atoms with Crippen molar-refractivity contribution in [2.45, 2.75) is 38.3 Å². The van der Waals surface area contributed by atoms with Crippen LogP contribution >= 0.6 is 0 Å². The molecule has 1 aliphatic carbocycles. The lowest BCUT2D eigenvalue weighted by Crippen LogP contribution is -2.52. The second-order valence-corrected chi connectivity index (χ2v) is 5.31. The van der Waals surface area contributed by atoms with Crippen molar-refractivity contribution in [3.8, 4) is 0 Å². The molecule has 1 fully saturated rings. The molecule has 1 saturated carbocycles. The van der Waals surface area contributed by atoms with Gasteiger partial charge in [0.1, 0.15) is 5.54 Å². The predicted octanol–water partition coefficient (Wildman–Crippen LogP) is 2.11. The fraction of sp³-hybridized carbons (Fsp3) is 0.571. The van der Waals surface area contributed by atoms with Gasteiger partial charge in [0, 0.05) is 24.0 Å². The molecule has 0 saturated heterocycles. The van der Waals surface area contributed by atoms with Crippen molar-refractivity contribution in [2.75, 3.05) is 7.05 Å².